The average Bonchev–Trinajstić information content (AvgIpc) is 3.07. The zero-order valence-electron chi connectivity index (χ0n) is 9.98. The summed E-state index contributed by atoms with van der Waals surface area (Å²) in [4.78, 5) is 9.23. The Morgan fingerprint density at radius 2 is 2.24 bits per heavy atom. The predicted octanol–water partition coefficient (Wildman–Crippen LogP) is 2.28. The molecular weight excluding hydrogens is 234 g/mol. The number of ether oxygens (including phenoxy) is 1. The van der Waals surface area contributed by atoms with E-state index in [1.165, 1.54) is 12.8 Å². The molecule has 2 heterocycles. The van der Waals surface area contributed by atoms with Crippen LogP contribution < -0.4 is 5.32 Å². The highest BCUT2D eigenvalue weighted by Crippen LogP contribution is 2.39. The topological polar surface area (TPSA) is 47.0 Å². The van der Waals surface area contributed by atoms with Crippen molar-refractivity contribution in [2.24, 2.45) is 0 Å². The monoisotopic (exact) mass is 251 g/mol. The second-order valence-electron chi connectivity index (χ2n) is 4.53. The smallest absolute Gasteiger partial charge is 0.135 e. The summed E-state index contributed by atoms with van der Waals surface area (Å²) in [6.07, 6.45) is 2.48. The van der Waals surface area contributed by atoms with E-state index in [2.05, 4.69) is 28.3 Å². The first-order chi connectivity index (χ1) is 8.35. The van der Waals surface area contributed by atoms with E-state index in [9.17, 15) is 0 Å². The van der Waals surface area contributed by atoms with E-state index >= 15 is 0 Å². The molecule has 4 nitrogen and oxygen atoms in total. The van der Waals surface area contributed by atoms with E-state index in [-0.39, 0.29) is 0 Å². The van der Waals surface area contributed by atoms with Gasteiger partial charge in [-0.1, -0.05) is 11.8 Å². The molecule has 1 aromatic rings. The lowest BCUT2D eigenvalue weighted by atomic mass is 10.4. The summed E-state index contributed by atoms with van der Waals surface area (Å²) in [5.74, 6) is 2.59. The molecule has 3 rings (SSSR count). The van der Waals surface area contributed by atoms with Gasteiger partial charge in [-0.25, -0.2) is 9.97 Å². The van der Waals surface area contributed by atoms with Gasteiger partial charge in [0.15, 0.2) is 0 Å². The summed E-state index contributed by atoms with van der Waals surface area (Å²) in [7, 11) is 0. The van der Waals surface area contributed by atoms with Crippen LogP contribution in [0.3, 0.4) is 0 Å². The van der Waals surface area contributed by atoms with Crippen LogP contribution in [-0.4, -0.2) is 35.0 Å². The van der Waals surface area contributed by atoms with Crippen molar-refractivity contribution in [3.8, 4) is 0 Å². The Morgan fingerprint density at radius 3 is 2.82 bits per heavy atom. The summed E-state index contributed by atoms with van der Waals surface area (Å²) < 4.78 is 5.19. The molecule has 1 aromatic heterocycles. The van der Waals surface area contributed by atoms with Gasteiger partial charge < -0.3 is 10.1 Å². The first-order valence-electron chi connectivity index (χ1n) is 6.22. The molecule has 1 saturated heterocycles. The average molecular weight is 251 g/mol. The standard InChI is InChI=1S/C12H17N3OS/c1-2-13-10-5-11(17-9-6-16-7-9)15-12(14-10)8-3-4-8/h5,8-9H,2-4,6-7H2,1H3,(H,13,14,15). The SMILES string of the molecule is CCNc1cc(SC2COC2)nc(C2CC2)n1. The lowest BCUT2D eigenvalue weighted by Gasteiger charge is -2.24. The zero-order valence-corrected chi connectivity index (χ0v) is 10.8. The lowest BCUT2D eigenvalue weighted by Crippen LogP contribution is -2.30. The van der Waals surface area contributed by atoms with Crippen molar-refractivity contribution in [1.29, 1.82) is 0 Å². The fraction of sp³-hybridized carbons (Fsp3) is 0.667. The third-order valence-electron chi connectivity index (χ3n) is 2.92. The molecule has 0 unspecified atom stereocenters. The van der Waals surface area contributed by atoms with Crippen LogP contribution in [0.15, 0.2) is 11.1 Å². The van der Waals surface area contributed by atoms with E-state index in [0.717, 1.165) is 36.4 Å². The highest BCUT2D eigenvalue weighted by atomic mass is 32.2. The molecule has 0 radical (unpaired) electrons. The van der Waals surface area contributed by atoms with Crippen molar-refractivity contribution in [3.63, 3.8) is 0 Å². The number of anilines is 1. The highest BCUT2D eigenvalue weighted by molar-refractivity contribution is 8.00. The minimum absolute atomic E-state index is 0.575. The maximum atomic E-state index is 5.19. The Morgan fingerprint density at radius 1 is 1.41 bits per heavy atom. The number of nitrogens with zero attached hydrogens (tertiary/aromatic N) is 2. The Labute approximate surface area is 106 Å². The molecule has 1 aliphatic heterocycles. The van der Waals surface area contributed by atoms with Crippen LogP contribution in [0.2, 0.25) is 0 Å². The normalized spacial score (nSPS) is 20.1. The van der Waals surface area contributed by atoms with E-state index in [0.29, 0.717) is 11.2 Å². The molecule has 5 heteroatoms. The number of hydrogen-bond donors (Lipinski definition) is 1. The number of rotatable bonds is 5. The van der Waals surface area contributed by atoms with Crippen molar-refractivity contribution in [2.45, 2.75) is 36.0 Å². The summed E-state index contributed by atoms with van der Waals surface area (Å²) in [5, 5.41) is 4.95. The molecule has 0 atom stereocenters. The van der Waals surface area contributed by atoms with Gasteiger partial charge in [0, 0.05) is 18.5 Å². The Hall–Kier alpha value is -0.810. The molecule has 17 heavy (non-hydrogen) atoms. The minimum atomic E-state index is 0.575. The molecule has 1 N–H and O–H groups in total. The zero-order chi connectivity index (χ0) is 11.7. The van der Waals surface area contributed by atoms with Gasteiger partial charge in [-0.05, 0) is 19.8 Å². The number of aromatic nitrogens is 2. The van der Waals surface area contributed by atoms with Crippen LogP contribution in [0.5, 0.6) is 0 Å². The molecule has 2 aliphatic rings. The van der Waals surface area contributed by atoms with Crippen LogP contribution in [-0.2, 0) is 4.74 Å². The van der Waals surface area contributed by atoms with Crippen molar-refractivity contribution in [3.05, 3.63) is 11.9 Å². The number of nitrogens with one attached hydrogen (secondary N) is 1. The quantitative estimate of drug-likeness (QED) is 0.813. The molecule has 0 bridgehead atoms. The molecule has 2 fully saturated rings. The van der Waals surface area contributed by atoms with E-state index < -0.39 is 0 Å². The first kappa shape index (κ1) is 11.3. The highest BCUT2D eigenvalue weighted by Gasteiger charge is 2.28. The molecular formula is C12H17N3OS. The Balaban J connectivity index is 1.79. The largest absolute Gasteiger partial charge is 0.379 e. The van der Waals surface area contributed by atoms with Crippen LogP contribution in [0.25, 0.3) is 0 Å². The third-order valence-corrected chi connectivity index (χ3v) is 3.97. The molecule has 0 spiro atoms. The Kier molecular flexibility index (Phi) is 3.20. The second kappa shape index (κ2) is 4.82. The molecule has 1 saturated carbocycles. The van der Waals surface area contributed by atoms with Crippen molar-refractivity contribution < 1.29 is 4.74 Å². The van der Waals surface area contributed by atoms with Crippen LogP contribution in [0, 0.1) is 0 Å². The molecule has 1 aliphatic carbocycles. The molecule has 92 valence electrons. The van der Waals surface area contributed by atoms with Gasteiger partial charge in [0.25, 0.3) is 0 Å². The van der Waals surface area contributed by atoms with Gasteiger partial charge in [0.2, 0.25) is 0 Å². The van der Waals surface area contributed by atoms with Crippen molar-refractivity contribution in [2.75, 3.05) is 25.1 Å². The fourth-order valence-corrected chi connectivity index (χ4v) is 2.75. The minimum Gasteiger partial charge on any atom is -0.379 e. The Bertz CT molecular complexity index is 405. The van der Waals surface area contributed by atoms with Crippen LogP contribution in [0.1, 0.15) is 31.5 Å². The summed E-state index contributed by atoms with van der Waals surface area (Å²) in [5.41, 5.74) is 0. The van der Waals surface area contributed by atoms with Gasteiger partial charge in [0.05, 0.1) is 18.5 Å². The summed E-state index contributed by atoms with van der Waals surface area (Å²) >= 11 is 1.81. The van der Waals surface area contributed by atoms with Gasteiger partial charge in [-0.3, -0.25) is 0 Å². The third kappa shape index (κ3) is 2.72. The van der Waals surface area contributed by atoms with E-state index in [1.54, 1.807) is 0 Å². The lowest BCUT2D eigenvalue weighted by molar-refractivity contribution is 0.0454. The fourth-order valence-electron chi connectivity index (χ4n) is 1.75. The maximum Gasteiger partial charge on any atom is 0.135 e. The molecule has 0 amide bonds. The van der Waals surface area contributed by atoms with Crippen molar-refractivity contribution in [1.82, 2.24) is 9.97 Å². The summed E-state index contributed by atoms with van der Waals surface area (Å²) in [6, 6.07) is 2.05. The van der Waals surface area contributed by atoms with Gasteiger partial charge in [-0.2, -0.15) is 0 Å². The maximum absolute atomic E-state index is 5.19. The van der Waals surface area contributed by atoms with Gasteiger partial charge in [-0.15, -0.1) is 0 Å². The van der Waals surface area contributed by atoms with Gasteiger partial charge in [0.1, 0.15) is 16.7 Å². The van der Waals surface area contributed by atoms with E-state index in [4.69, 9.17) is 4.74 Å². The summed E-state index contributed by atoms with van der Waals surface area (Å²) in [6.45, 7) is 4.69. The van der Waals surface area contributed by atoms with E-state index in [1.807, 2.05) is 11.8 Å². The second-order valence-corrected chi connectivity index (χ2v) is 5.85. The van der Waals surface area contributed by atoms with Crippen LogP contribution in [0.4, 0.5) is 5.82 Å². The molecule has 0 aromatic carbocycles. The predicted molar refractivity (Wildman–Crippen MR) is 68.6 cm³/mol. The van der Waals surface area contributed by atoms with Crippen molar-refractivity contribution >= 4 is 17.6 Å². The number of thioether (sulfide) groups is 1. The van der Waals surface area contributed by atoms with Crippen LogP contribution >= 0.6 is 11.8 Å². The first-order valence-corrected chi connectivity index (χ1v) is 7.10. The number of hydrogen-bond acceptors (Lipinski definition) is 5. The van der Waals surface area contributed by atoms with Gasteiger partial charge >= 0.3 is 0 Å².